The minimum Gasteiger partial charge on any atom is -0.348 e. The van der Waals surface area contributed by atoms with Crippen LogP contribution in [0.1, 0.15) is 37.2 Å². The largest absolute Gasteiger partial charge is 0.348 e. The molecular weight excluding hydrogens is 436 g/mol. The summed E-state index contributed by atoms with van der Waals surface area (Å²) in [5.74, 6) is -1.75. The molecule has 0 N–H and O–H groups in total. The van der Waals surface area contributed by atoms with Crippen molar-refractivity contribution in [3.8, 4) is 22.3 Å². The number of rotatable bonds is 7. The van der Waals surface area contributed by atoms with Crippen molar-refractivity contribution in [1.29, 1.82) is 0 Å². The van der Waals surface area contributed by atoms with E-state index in [0.29, 0.717) is 47.7 Å². The molecule has 3 aromatic rings. The fraction of sp³-hybridized carbons (Fsp3) is 0.286. The van der Waals surface area contributed by atoms with E-state index in [1.807, 2.05) is 19.1 Å². The molecule has 0 unspecified atom stereocenters. The van der Waals surface area contributed by atoms with Crippen molar-refractivity contribution in [2.75, 3.05) is 13.2 Å². The first kappa shape index (κ1) is 24.3. The maximum Gasteiger partial charge on any atom is 0.186 e. The van der Waals surface area contributed by atoms with Gasteiger partial charge in [0.25, 0.3) is 0 Å². The van der Waals surface area contributed by atoms with Gasteiger partial charge in [-0.25, -0.2) is 13.2 Å². The van der Waals surface area contributed by atoms with Gasteiger partial charge in [0.05, 0.1) is 13.2 Å². The summed E-state index contributed by atoms with van der Waals surface area (Å²) < 4.78 is 55.1. The van der Waals surface area contributed by atoms with Gasteiger partial charge in [-0.1, -0.05) is 67.0 Å². The smallest absolute Gasteiger partial charge is 0.186 e. The molecule has 0 atom stereocenters. The second-order valence-corrected chi connectivity index (χ2v) is 8.58. The number of allylic oxidation sites excluding steroid dienone is 2. The van der Waals surface area contributed by atoms with Gasteiger partial charge >= 0.3 is 0 Å². The fourth-order valence-electron chi connectivity index (χ4n) is 4.21. The zero-order chi connectivity index (χ0) is 24.1. The maximum atomic E-state index is 14.9. The molecule has 6 heteroatoms. The summed E-state index contributed by atoms with van der Waals surface area (Å²) in [5.41, 5.74) is 2.95. The Balaban J connectivity index is 1.46. The van der Waals surface area contributed by atoms with E-state index in [4.69, 9.17) is 9.47 Å². The minimum atomic E-state index is -0.848. The first-order chi connectivity index (χ1) is 16.5. The average molecular weight is 464 g/mol. The van der Waals surface area contributed by atoms with Gasteiger partial charge < -0.3 is 9.47 Å². The van der Waals surface area contributed by atoms with E-state index in [1.54, 1.807) is 50.3 Å². The van der Waals surface area contributed by atoms with Crippen LogP contribution in [0.25, 0.3) is 22.3 Å². The highest BCUT2D eigenvalue weighted by Gasteiger charge is 2.25. The van der Waals surface area contributed by atoms with Crippen LogP contribution in [0.15, 0.2) is 66.7 Å². The summed E-state index contributed by atoms with van der Waals surface area (Å²) in [5, 5.41) is 0. The van der Waals surface area contributed by atoms with Crippen LogP contribution < -0.4 is 0 Å². The van der Waals surface area contributed by atoms with E-state index >= 15 is 0 Å². The Morgan fingerprint density at radius 1 is 0.882 bits per heavy atom. The lowest BCUT2D eigenvalue weighted by Crippen LogP contribution is -2.27. The summed E-state index contributed by atoms with van der Waals surface area (Å²) in [7, 11) is 1.78. The number of hydrogen-bond donors (Lipinski definition) is 0. The molecule has 1 aliphatic rings. The zero-order valence-corrected chi connectivity index (χ0v) is 19.5. The molecule has 1 saturated heterocycles. The Hall–Kier alpha value is -2.83. The molecule has 0 aromatic heterocycles. The van der Waals surface area contributed by atoms with Crippen molar-refractivity contribution in [1.82, 2.24) is 0 Å². The molecule has 34 heavy (non-hydrogen) atoms. The molecule has 0 amide bonds. The molecule has 4 rings (SSSR count). The zero-order valence-electron chi connectivity index (χ0n) is 19.5. The number of benzene rings is 3. The van der Waals surface area contributed by atoms with Gasteiger partial charge in [-0.2, -0.15) is 0 Å². The Labute approximate surface area is 199 Å². The molecule has 1 fully saturated rings. The summed E-state index contributed by atoms with van der Waals surface area (Å²) in [6.45, 7) is 3.08. The molecule has 0 saturated carbocycles. The van der Waals surface area contributed by atoms with Crippen LogP contribution in [0.2, 0.25) is 0 Å². The van der Waals surface area contributed by atoms with E-state index in [9.17, 15) is 13.2 Å². The van der Waals surface area contributed by atoms with Crippen LogP contribution >= 0.6 is 0 Å². The highest BCUT2D eigenvalue weighted by molar-refractivity contribution is 6.08. The normalized spacial score (nSPS) is 18.5. The molecule has 1 heterocycles. The third kappa shape index (κ3) is 5.29. The highest BCUT2D eigenvalue weighted by atomic mass is 19.2. The van der Waals surface area contributed by atoms with Crippen molar-refractivity contribution in [2.45, 2.75) is 32.4 Å². The van der Waals surface area contributed by atoms with Crippen LogP contribution in [-0.2, 0) is 15.8 Å². The number of hydrogen-bond acceptors (Lipinski definition) is 2. The van der Waals surface area contributed by atoms with Crippen molar-refractivity contribution < 1.29 is 22.6 Å². The van der Waals surface area contributed by atoms with Gasteiger partial charge in [0.15, 0.2) is 17.9 Å². The summed E-state index contributed by atoms with van der Waals surface area (Å²) in [6.07, 6.45) is 5.82. The molecule has 0 bridgehead atoms. The quantitative estimate of drug-likeness (QED) is 0.290. The van der Waals surface area contributed by atoms with E-state index in [-0.39, 0.29) is 5.56 Å². The predicted molar refractivity (Wildman–Crippen MR) is 132 cm³/mol. The Morgan fingerprint density at radius 3 is 2.21 bits per heavy atom. The fourth-order valence-corrected chi connectivity index (χ4v) is 4.21. The van der Waals surface area contributed by atoms with Crippen LogP contribution in [0.3, 0.4) is 0 Å². The lowest BCUT2D eigenvalue weighted by atomic mass is 9.93. The minimum absolute atomic E-state index is 0.207. The number of halogens is 3. The summed E-state index contributed by atoms with van der Waals surface area (Å²) in [6, 6.07) is 15.1. The lowest BCUT2D eigenvalue weighted by molar-refractivity contribution is -0.207. The third-order valence-corrected chi connectivity index (χ3v) is 6.27. The van der Waals surface area contributed by atoms with Gasteiger partial charge in [0, 0.05) is 17.0 Å². The van der Waals surface area contributed by atoms with Gasteiger partial charge in [-0.3, -0.25) is 0 Å². The molecule has 176 valence electrons. The highest BCUT2D eigenvalue weighted by Crippen LogP contribution is 2.33. The van der Waals surface area contributed by atoms with Gasteiger partial charge in [-0.15, -0.1) is 0 Å². The van der Waals surface area contributed by atoms with Crippen LogP contribution in [0.4, 0.5) is 13.2 Å². The summed E-state index contributed by atoms with van der Waals surface area (Å²) in [4.78, 5) is 0. The van der Waals surface area contributed by atoms with Crippen LogP contribution in [-0.4, -0.2) is 21.1 Å². The first-order valence-electron chi connectivity index (χ1n) is 11.7. The van der Waals surface area contributed by atoms with Gasteiger partial charge in [0.1, 0.15) is 13.7 Å². The molecule has 1 aliphatic heterocycles. The molecule has 0 radical (unpaired) electrons. The van der Waals surface area contributed by atoms with Crippen molar-refractivity contribution >= 4 is 7.85 Å². The topological polar surface area (TPSA) is 18.5 Å². The van der Waals surface area contributed by atoms with Crippen LogP contribution in [0.5, 0.6) is 0 Å². The molecule has 0 aliphatic carbocycles. The lowest BCUT2D eigenvalue weighted by Gasteiger charge is -2.29. The van der Waals surface area contributed by atoms with E-state index < -0.39 is 23.7 Å². The van der Waals surface area contributed by atoms with Crippen molar-refractivity contribution in [2.24, 2.45) is 5.92 Å². The standard InChI is InChI=1S/C28H28BF3O2/c1-2-3-4-5-18-16-33-28(34-17-18)24-13-10-21(14-25(24)30)19-6-8-20(9-7-19)23-12-11-22(15-29)26(31)27(23)32/h2-3,6-14,18,28H,4-5,15-17,29H2,1H3/b3-2+. The van der Waals surface area contributed by atoms with Gasteiger partial charge in [-0.05, 0) is 48.1 Å². The second-order valence-electron chi connectivity index (χ2n) is 8.58. The average Bonchev–Trinajstić information content (AvgIpc) is 2.86. The second kappa shape index (κ2) is 11.1. The SMILES string of the molecule is BCc1ccc(-c2ccc(-c3ccc(C4OCC(CC/C=C/C)CO4)c(F)c3)cc2)c(F)c1F. The number of ether oxygens (including phenoxy) is 2. The van der Waals surface area contributed by atoms with Crippen molar-refractivity contribution in [3.05, 3.63) is 95.3 Å². The van der Waals surface area contributed by atoms with E-state index in [1.165, 1.54) is 6.07 Å². The Morgan fingerprint density at radius 2 is 1.56 bits per heavy atom. The van der Waals surface area contributed by atoms with E-state index in [2.05, 4.69) is 6.08 Å². The summed E-state index contributed by atoms with van der Waals surface area (Å²) >= 11 is 0. The Bertz CT molecular complexity index is 1150. The molecule has 3 aromatic carbocycles. The Kier molecular flexibility index (Phi) is 7.91. The van der Waals surface area contributed by atoms with Crippen molar-refractivity contribution in [3.63, 3.8) is 0 Å². The van der Waals surface area contributed by atoms with E-state index in [0.717, 1.165) is 18.4 Å². The van der Waals surface area contributed by atoms with Crippen LogP contribution in [0, 0.1) is 23.4 Å². The monoisotopic (exact) mass is 464 g/mol. The first-order valence-corrected chi connectivity index (χ1v) is 11.7. The molecule has 0 spiro atoms. The molecule has 2 nitrogen and oxygen atoms in total. The maximum absolute atomic E-state index is 14.9. The van der Waals surface area contributed by atoms with Gasteiger partial charge in [0.2, 0.25) is 0 Å². The molecular formula is C28H28BF3O2. The third-order valence-electron chi connectivity index (χ3n) is 6.27. The predicted octanol–water partition coefficient (Wildman–Crippen LogP) is 6.59.